The monoisotopic (exact) mass is 269 g/mol. The summed E-state index contributed by atoms with van der Waals surface area (Å²) in [6.07, 6.45) is 0. The molecule has 2 N–H and O–H groups in total. The molecule has 100 valence electrons. The van der Waals surface area contributed by atoms with Gasteiger partial charge in [-0.3, -0.25) is 4.79 Å². The molecule has 2 aromatic carbocycles. The molecule has 1 aliphatic rings. The van der Waals surface area contributed by atoms with Crippen LogP contribution in [0.25, 0.3) is 0 Å². The Morgan fingerprint density at radius 3 is 2.65 bits per heavy atom. The molecular weight excluding hydrogens is 258 g/mol. The molecule has 0 radical (unpaired) electrons. The van der Waals surface area contributed by atoms with Crippen LogP contribution < -0.4 is 10.1 Å². The Morgan fingerprint density at radius 2 is 1.95 bits per heavy atom. The van der Waals surface area contributed by atoms with Crippen molar-refractivity contribution in [2.75, 3.05) is 5.32 Å². The van der Waals surface area contributed by atoms with Gasteiger partial charge < -0.3 is 15.2 Å². The minimum Gasteiger partial charge on any atom is -0.478 e. The van der Waals surface area contributed by atoms with Crippen LogP contribution in [0.2, 0.25) is 0 Å². The average molecular weight is 269 g/mol. The zero-order valence-electron chi connectivity index (χ0n) is 10.6. The Labute approximate surface area is 114 Å². The number of rotatable bonds is 2. The Hall–Kier alpha value is -2.82. The lowest BCUT2D eigenvalue weighted by atomic mass is 10.1. The van der Waals surface area contributed by atoms with Crippen molar-refractivity contribution in [3.05, 3.63) is 47.5 Å². The smallest absolute Gasteiger partial charge is 0.337 e. The molecule has 3 rings (SSSR count). The van der Waals surface area contributed by atoms with Crippen LogP contribution >= 0.6 is 0 Å². The zero-order chi connectivity index (χ0) is 14.3. The van der Waals surface area contributed by atoms with E-state index in [1.54, 1.807) is 30.3 Å². The van der Waals surface area contributed by atoms with Crippen molar-refractivity contribution in [1.82, 2.24) is 0 Å². The molecule has 1 heterocycles. The number of para-hydroxylation sites is 1. The van der Waals surface area contributed by atoms with Gasteiger partial charge in [-0.2, -0.15) is 0 Å². The van der Waals surface area contributed by atoms with E-state index in [1.807, 2.05) is 0 Å². The van der Waals surface area contributed by atoms with Crippen molar-refractivity contribution in [2.24, 2.45) is 0 Å². The van der Waals surface area contributed by atoms with Crippen LogP contribution in [0, 0.1) is 0 Å². The second kappa shape index (κ2) is 4.38. The first kappa shape index (κ1) is 12.2. The first-order chi connectivity index (χ1) is 9.56. The fourth-order valence-electron chi connectivity index (χ4n) is 2.11. The van der Waals surface area contributed by atoms with Gasteiger partial charge in [0, 0.05) is 5.56 Å². The zero-order valence-corrected chi connectivity index (χ0v) is 10.6. The summed E-state index contributed by atoms with van der Waals surface area (Å²) in [5.41, 5.74) is 1.64. The molecule has 5 nitrogen and oxygen atoms in total. The molecule has 0 aliphatic carbocycles. The minimum atomic E-state index is -1.04. The number of Topliss-reactive ketones (excluding diaryl/α,β-unsaturated/α-hetero) is 1. The third-order valence-corrected chi connectivity index (χ3v) is 3.12. The van der Waals surface area contributed by atoms with E-state index in [0.29, 0.717) is 28.4 Å². The van der Waals surface area contributed by atoms with Crippen LogP contribution in [0.3, 0.4) is 0 Å². The van der Waals surface area contributed by atoms with E-state index in [4.69, 9.17) is 4.74 Å². The molecule has 1 aliphatic heterocycles. The van der Waals surface area contributed by atoms with Crippen LogP contribution in [0.1, 0.15) is 27.6 Å². The van der Waals surface area contributed by atoms with E-state index in [2.05, 4.69) is 5.32 Å². The SMILES string of the molecule is CC(=O)c1ccc2c(c1)Nc1c(cccc1C(=O)O)O2. The summed E-state index contributed by atoms with van der Waals surface area (Å²) in [5, 5.41) is 12.2. The normalized spacial score (nSPS) is 11.7. The lowest BCUT2D eigenvalue weighted by Crippen LogP contribution is -2.09. The summed E-state index contributed by atoms with van der Waals surface area (Å²) in [7, 11) is 0. The van der Waals surface area contributed by atoms with E-state index >= 15 is 0 Å². The molecular formula is C15H11NO4. The van der Waals surface area contributed by atoms with Crippen LogP contribution in [0.15, 0.2) is 36.4 Å². The number of nitrogens with one attached hydrogen (secondary N) is 1. The number of carbonyl (C=O) groups is 2. The Bertz CT molecular complexity index is 737. The molecule has 0 saturated heterocycles. The first-order valence-corrected chi connectivity index (χ1v) is 6.02. The van der Waals surface area contributed by atoms with Gasteiger partial charge in [0.25, 0.3) is 0 Å². The fraction of sp³-hybridized carbons (Fsp3) is 0.0667. The molecule has 0 atom stereocenters. The number of ether oxygens (including phenoxy) is 1. The van der Waals surface area contributed by atoms with Gasteiger partial charge in [0.1, 0.15) is 0 Å². The van der Waals surface area contributed by atoms with Crippen LogP contribution in [0.4, 0.5) is 11.4 Å². The number of carboxylic acid groups (broad SMARTS) is 1. The van der Waals surface area contributed by atoms with E-state index in [9.17, 15) is 14.7 Å². The van der Waals surface area contributed by atoms with E-state index < -0.39 is 5.97 Å². The van der Waals surface area contributed by atoms with Crippen LogP contribution in [0.5, 0.6) is 11.5 Å². The predicted octanol–water partition coefficient (Wildman–Crippen LogP) is 3.44. The highest BCUT2D eigenvalue weighted by Crippen LogP contribution is 2.43. The highest BCUT2D eigenvalue weighted by Gasteiger charge is 2.22. The topological polar surface area (TPSA) is 75.6 Å². The number of fused-ring (bicyclic) bond motifs is 2. The molecule has 0 spiro atoms. The van der Waals surface area contributed by atoms with Gasteiger partial charge in [-0.15, -0.1) is 0 Å². The molecule has 0 unspecified atom stereocenters. The number of aromatic carboxylic acids is 1. The van der Waals surface area contributed by atoms with Gasteiger partial charge >= 0.3 is 5.97 Å². The minimum absolute atomic E-state index is 0.0630. The van der Waals surface area contributed by atoms with E-state index in [-0.39, 0.29) is 11.3 Å². The van der Waals surface area contributed by atoms with Gasteiger partial charge in [-0.1, -0.05) is 6.07 Å². The second-order valence-electron chi connectivity index (χ2n) is 4.48. The summed E-state index contributed by atoms with van der Waals surface area (Å²) in [6.45, 7) is 1.47. The van der Waals surface area contributed by atoms with Crippen LogP contribution in [-0.4, -0.2) is 16.9 Å². The molecule has 20 heavy (non-hydrogen) atoms. The summed E-state index contributed by atoms with van der Waals surface area (Å²) in [5.74, 6) is -0.0888. The standard InChI is InChI=1S/C15H11NO4/c1-8(17)9-5-6-12-11(7-9)16-14-10(15(18)19)3-2-4-13(14)20-12/h2-7,16H,1H3,(H,18,19). The van der Waals surface area contributed by atoms with Crippen molar-refractivity contribution in [3.63, 3.8) is 0 Å². The number of ketones is 1. The maximum atomic E-state index is 11.4. The molecule has 0 amide bonds. The number of benzene rings is 2. The van der Waals surface area contributed by atoms with Gasteiger partial charge in [-0.05, 0) is 37.3 Å². The number of carbonyl (C=O) groups excluding carboxylic acids is 1. The molecule has 2 aromatic rings. The Balaban J connectivity index is 2.10. The molecule has 0 bridgehead atoms. The van der Waals surface area contributed by atoms with E-state index in [1.165, 1.54) is 13.0 Å². The highest BCUT2D eigenvalue weighted by molar-refractivity contribution is 6.00. The number of carboxylic acids is 1. The van der Waals surface area contributed by atoms with Crippen molar-refractivity contribution in [2.45, 2.75) is 6.92 Å². The third kappa shape index (κ3) is 1.89. The molecule has 0 saturated carbocycles. The number of hydrogen-bond donors (Lipinski definition) is 2. The summed E-state index contributed by atoms with van der Waals surface area (Å²) in [6, 6.07) is 9.83. The third-order valence-electron chi connectivity index (χ3n) is 3.12. The van der Waals surface area contributed by atoms with Crippen molar-refractivity contribution in [3.8, 4) is 11.5 Å². The maximum Gasteiger partial charge on any atom is 0.337 e. The summed E-state index contributed by atoms with van der Waals surface area (Å²) in [4.78, 5) is 22.6. The maximum absolute atomic E-state index is 11.4. The quantitative estimate of drug-likeness (QED) is 0.697. The molecule has 0 aromatic heterocycles. The average Bonchev–Trinajstić information content (AvgIpc) is 2.43. The fourth-order valence-corrected chi connectivity index (χ4v) is 2.11. The number of anilines is 2. The summed E-state index contributed by atoms with van der Waals surface area (Å²) < 4.78 is 5.67. The number of hydrogen-bond acceptors (Lipinski definition) is 4. The highest BCUT2D eigenvalue weighted by atomic mass is 16.5. The van der Waals surface area contributed by atoms with Gasteiger partial charge in [0.15, 0.2) is 17.3 Å². The largest absolute Gasteiger partial charge is 0.478 e. The second-order valence-corrected chi connectivity index (χ2v) is 4.48. The Morgan fingerprint density at radius 1 is 1.15 bits per heavy atom. The van der Waals surface area contributed by atoms with Crippen molar-refractivity contribution in [1.29, 1.82) is 0 Å². The molecule has 0 fully saturated rings. The van der Waals surface area contributed by atoms with E-state index in [0.717, 1.165) is 0 Å². The van der Waals surface area contributed by atoms with Crippen molar-refractivity contribution < 1.29 is 19.4 Å². The lowest BCUT2D eigenvalue weighted by molar-refractivity contribution is 0.0697. The lowest BCUT2D eigenvalue weighted by Gasteiger charge is -2.23. The van der Waals surface area contributed by atoms with Crippen molar-refractivity contribution >= 4 is 23.1 Å². The Kier molecular flexibility index (Phi) is 2.68. The van der Waals surface area contributed by atoms with Gasteiger partial charge in [0.05, 0.1) is 16.9 Å². The first-order valence-electron chi connectivity index (χ1n) is 6.02. The van der Waals surface area contributed by atoms with Gasteiger partial charge in [0.2, 0.25) is 0 Å². The summed E-state index contributed by atoms with van der Waals surface area (Å²) >= 11 is 0. The molecule has 5 heteroatoms. The van der Waals surface area contributed by atoms with Crippen LogP contribution in [-0.2, 0) is 0 Å². The predicted molar refractivity (Wildman–Crippen MR) is 73.2 cm³/mol. The van der Waals surface area contributed by atoms with Gasteiger partial charge in [-0.25, -0.2) is 4.79 Å².